The van der Waals surface area contributed by atoms with Gasteiger partial charge in [-0.15, -0.1) is 10.2 Å². The van der Waals surface area contributed by atoms with Gasteiger partial charge in [-0.1, -0.05) is 19.1 Å². The van der Waals surface area contributed by atoms with E-state index in [1.54, 1.807) is 12.1 Å². The second-order valence-corrected chi connectivity index (χ2v) is 7.59. The fraction of sp³-hybridized carbons (Fsp3) is 0.318. The highest BCUT2D eigenvalue weighted by Crippen LogP contribution is 2.23. The molecule has 0 saturated carbocycles. The second-order valence-electron chi connectivity index (χ2n) is 7.59. The topological polar surface area (TPSA) is 93.0 Å². The molecule has 4 rings (SSSR count). The maximum absolute atomic E-state index is 12.2. The number of carbonyl (C=O) groups is 1. The van der Waals surface area contributed by atoms with Gasteiger partial charge in [0.1, 0.15) is 6.54 Å². The minimum atomic E-state index is -0.316. The van der Waals surface area contributed by atoms with Crippen molar-refractivity contribution in [3.05, 3.63) is 65.1 Å². The Labute approximate surface area is 174 Å². The molecule has 1 amide bonds. The van der Waals surface area contributed by atoms with Gasteiger partial charge >= 0.3 is 0 Å². The van der Waals surface area contributed by atoms with Crippen LogP contribution in [0.1, 0.15) is 19.8 Å². The van der Waals surface area contributed by atoms with Crippen LogP contribution in [0.15, 0.2) is 59.5 Å². The van der Waals surface area contributed by atoms with E-state index in [1.165, 1.54) is 31.2 Å². The molecule has 0 spiro atoms. The molecule has 154 valence electrons. The van der Waals surface area contributed by atoms with Gasteiger partial charge in [0, 0.05) is 36.6 Å². The lowest BCUT2D eigenvalue weighted by Crippen LogP contribution is -2.33. The van der Waals surface area contributed by atoms with Crippen LogP contribution >= 0.6 is 0 Å². The molecule has 1 aliphatic rings. The van der Waals surface area contributed by atoms with Crippen molar-refractivity contribution < 1.29 is 4.79 Å². The van der Waals surface area contributed by atoms with Crippen molar-refractivity contribution in [1.82, 2.24) is 20.0 Å². The molecule has 1 saturated heterocycles. The van der Waals surface area contributed by atoms with Gasteiger partial charge in [-0.2, -0.15) is 5.10 Å². The molecule has 8 nitrogen and oxygen atoms in total. The van der Waals surface area contributed by atoms with E-state index in [1.807, 2.05) is 24.3 Å². The third-order valence-electron chi connectivity index (χ3n) is 5.30. The quantitative estimate of drug-likeness (QED) is 0.703. The zero-order valence-electron chi connectivity index (χ0n) is 16.9. The zero-order valence-corrected chi connectivity index (χ0v) is 16.9. The number of rotatable bonds is 5. The lowest BCUT2D eigenvalue weighted by Gasteiger charge is -2.30. The molecular weight excluding hydrogens is 380 g/mol. The monoisotopic (exact) mass is 404 g/mol. The Balaban J connectivity index is 1.38. The van der Waals surface area contributed by atoms with Crippen LogP contribution in [0.25, 0.3) is 11.3 Å². The van der Waals surface area contributed by atoms with Crippen molar-refractivity contribution in [3.8, 4) is 11.3 Å². The maximum Gasteiger partial charge on any atom is 0.267 e. The Morgan fingerprint density at radius 3 is 2.50 bits per heavy atom. The summed E-state index contributed by atoms with van der Waals surface area (Å²) >= 11 is 0. The minimum Gasteiger partial charge on any atom is -0.355 e. The minimum absolute atomic E-state index is 0.135. The molecule has 8 heteroatoms. The van der Waals surface area contributed by atoms with Crippen molar-refractivity contribution >= 4 is 17.4 Å². The van der Waals surface area contributed by atoms with E-state index in [4.69, 9.17) is 0 Å². The van der Waals surface area contributed by atoms with Crippen LogP contribution in [0, 0.1) is 5.92 Å². The molecule has 1 aromatic carbocycles. The number of hydrogen-bond acceptors (Lipinski definition) is 6. The van der Waals surface area contributed by atoms with E-state index in [0.717, 1.165) is 40.8 Å². The number of benzene rings is 1. The normalized spacial score (nSPS) is 14.5. The van der Waals surface area contributed by atoms with Crippen LogP contribution in [0.3, 0.4) is 0 Å². The summed E-state index contributed by atoms with van der Waals surface area (Å²) in [5, 5.41) is 15.4. The molecule has 3 aromatic rings. The molecule has 2 aromatic heterocycles. The zero-order chi connectivity index (χ0) is 20.9. The number of nitrogens with zero attached hydrogens (tertiary/aromatic N) is 5. The van der Waals surface area contributed by atoms with Crippen LogP contribution in [-0.4, -0.2) is 39.0 Å². The maximum atomic E-state index is 12.2. The number of amides is 1. The number of hydrogen-bond donors (Lipinski definition) is 1. The molecule has 3 heterocycles. The molecule has 30 heavy (non-hydrogen) atoms. The van der Waals surface area contributed by atoms with Gasteiger partial charge in [0.15, 0.2) is 5.82 Å². The first-order chi connectivity index (χ1) is 14.6. The standard InChI is InChI=1S/C22H24N6O2/c1-16-10-13-27(14-11-16)20-9-8-19(25-26-20)17-4-6-18(7-5-17)24-21(29)15-28-22(30)3-2-12-23-28/h2-9,12,16H,10-11,13-15H2,1H3,(H,24,29). The molecule has 0 radical (unpaired) electrons. The summed E-state index contributed by atoms with van der Waals surface area (Å²) in [5.41, 5.74) is 2.02. The third kappa shape index (κ3) is 4.71. The Morgan fingerprint density at radius 2 is 1.83 bits per heavy atom. The lowest BCUT2D eigenvalue weighted by molar-refractivity contribution is -0.117. The largest absolute Gasteiger partial charge is 0.355 e. The predicted molar refractivity (Wildman–Crippen MR) is 115 cm³/mol. The summed E-state index contributed by atoms with van der Waals surface area (Å²) in [7, 11) is 0. The van der Waals surface area contributed by atoms with Gasteiger partial charge in [-0.3, -0.25) is 9.59 Å². The summed E-state index contributed by atoms with van der Waals surface area (Å²) in [5.74, 6) is 1.38. The van der Waals surface area contributed by atoms with Crippen LogP contribution in [0.5, 0.6) is 0 Å². The first kappa shape index (κ1) is 19.8. The van der Waals surface area contributed by atoms with Gasteiger partial charge in [0.25, 0.3) is 5.56 Å². The molecule has 1 N–H and O–H groups in total. The molecule has 0 atom stereocenters. The van der Waals surface area contributed by atoms with Crippen molar-refractivity contribution in [1.29, 1.82) is 0 Å². The predicted octanol–water partition coefficient (Wildman–Crippen LogP) is 2.58. The van der Waals surface area contributed by atoms with Gasteiger partial charge in [-0.05, 0) is 49.1 Å². The molecule has 0 bridgehead atoms. The van der Waals surface area contributed by atoms with Crippen LogP contribution in [0.2, 0.25) is 0 Å². The summed E-state index contributed by atoms with van der Waals surface area (Å²) in [6.07, 6.45) is 3.85. The van der Waals surface area contributed by atoms with Gasteiger partial charge in [-0.25, -0.2) is 4.68 Å². The van der Waals surface area contributed by atoms with Crippen molar-refractivity contribution in [2.45, 2.75) is 26.3 Å². The van der Waals surface area contributed by atoms with Gasteiger partial charge in [0.2, 0.25) is 5.91 Å². The Morgan fingerprint density at radius 1 is 1.07 bits per heavy atom. The lowest BCUT2D eigenvalue weighted by atomic mass is 9.99. The molecule has 0 aliphatic carbocycles. The Hall–Kier alpha value is -3.55. The first-order valence-electron chi connectivity index (χ1n) is 10.1. The van der Waals surface area contributed by atoms with Crippen LogP contribution in [-0.2, 0) is 11.3 Å². The number of aromatic nitrogens is 4. The van der Waals surface area contributed by atoms with Crippen molar-refractivity contribution in [3.63, 3.8) is 0 Å². The SMILES string of the molecule is CC1CCN(c2ccc(-c3ccc(NC(=O)Cn4ncccc4=O)cc3)nn2)CC1. The highest BCUT2D eigenvalue weighted by Gasteiger charge is 2.17. The fourth-order valence-electron chi connectivity index (χ4n) is 3.45. The van der Waals surface area contributed by atoms with Crippen LogP contribution < -0.4 is 15.8 Å². The number of nitrogens with one attached hydrogen (secondary N) is 1. The number of anilines is 2. The van der Waals surface area contributed by atoms with E-state index in [2.05, 4.69) is 32.4 Å². The van der Waals surface area contributed by atoms with Crippen molar-refractivity contribution in [2.75, 3.05) is 23.3 Å². The van der Waals surface area contributed by atoms with E-state index in [0.29, 0.717) is 5.69 Å². The average Bonchev–Trinajstić information content (AvgIpc) is 2.77. The van der Waals surface area contributed by atoms with Crippen LogP contribution in [0.4, 0.5) is 11.5 Å². The Bertz CT molecular complexity index is 1050. The van der Waals surface area contributed by atoms with Gasteiger partial charge in [0.05, 0.1) is 5.69 Å². The molecule has 1 fully saturated rings. The molecule has 1 aliphatic heterocycles. The van der Waals surface area contributed by atoms with E-state index < -0.39 is 0 Å². The van der Waals surface area contributed by atoms with Crippen molar-refractivity contribution in [2.24, 2.45) is 5.92 Å². The summed E-state index contributed by atoms with van der Waals surface area (Å²) < 4.78 is 1.11. The number of carbonyl (C=O) groups excluding carboxylic acids is 1. The average molecular weight is 404 g/mol. The first-order valence-corrected chi connectivity index (χ1v) is 10.1. The number of piperidine rings is 1. The van der Waals surface area contributed by atoms with E-state index in [-0.39, 0.29) is 18.0 Å². The highest BCUT2D eigenvalue weighted by atomic mass is 16.2. The van der Waals surface area contributed by atoms with E-state index >= 15 is 0 Å². The van der Waals surface area contributed by atoms with Gasteiger partial charge < -0.3 is 10.2 Å². The summed E-state index contributed by atoms with van der Waals surface area (Å²) in [4.78, 5) is 26.1. The van der Waals surface area contributed by atoms with E-state index in [9.17, 15) is 9.59 Å². The fourth-order valence-corrected chi connectivity index (χ4v) is 3.45. The molecule has 0 unspecified atom stereocenters. The Kier molecular flexibility index (Phi) is 5.83. The third-order valence-corrected chi connectivity index (χ3v) is 5.30. The second kappa shape index (κ2) is 8.86. The summed E-state index contributed by atoms with van der Waals surface area (Å²) in [6, 6.07) is 14.3. The molecular formula is C22H24N6O2. The smallest absolute Gasteiger partial charge is 0.267 e. The summed E-state index contributed by atoms with van der Waals surface area (Å²) in [6.45, 7) is 4.20. The highest BCUT2D eigenvalue weighted by molar-refractivity contribution is 5.90.